The Balaban J connectivity index is 1.76. The summed E-state index contributed by atoms with van der Waals surface area (Å²) in [5.41, 5.74) is 2.03. The second kappa shape index (κ2) is 6.13. The fourth-order valence-electron chi connectivity index (χ4n) is 2.66. The average Bonchev–Trinajstić information content (AvgIpc) is 3.04. The number of ether oxygens (including phenoxy) is 2. The lowest BCUT2D eigenvalue weighted by molar-refractivity contribution is -0.698. The molecular formula is C16H17N2O4+. The first-order valence-corrected chi connectivity index (χ1v) is 7.05. The van der Waals surface area contributed by atoms with E-state index in [4.69, 9.17) is 9.47 Å². The molecule has 0 spiro atoms. The highest BCUT2D eigenvalue weighted by Gasteiger charge is 2.32. The number of methoxy groups -OCH3 is 1. The van der Waals surface area contributed by atoms with Crippen molar-refractivity contribution >= 4 is 5.69 Å². The van der Waals surface area contributed by atoms with Crippen molar-refractivity contribution in [3.63, 3.8) is 0 Å². The maximum Gasteiger partial charge on any atom is 0.269 e. The van der Waals surface area contributed by atoms with Gasteiger partial charge in [0.2, 0.25) is 6.23 Å². The van der Waals surface area contributed by atoms with E-state index in [9.17, 15) is 10.1 Å². The van der Waals surface area contributed by atoms with E-state index < -0.39 is 4.92 Å². The molecule has 1 saturated heterocycles. The van der Waals surface area contributed by atoms with Gasteiger partial charge in [-0.25, -0.2) is 0 Å². The van der Waals surface area contributed by atoms with Crippen LogP contribution in [0.15, 0.2) is 48.5 Å². The summed E-state index contributed by atoms with van der Waals surface area (Å²) in [4.78, 5) is 10.3. The van der Waals surface area contributed by atoms with Crippen molar-refractivity contribution in [3.05, 3.63) is 69.8 Å². The van der Waals surface area contributed by atoms with Gasteiger partial charge in [0, 0.05) is 12.1 Å². The van der Waals surface area contributed by atoms with E-state index >= 15 is 0 Å². The van der Waals surface area contributed by atoms with Crippen LogP contribution in [0.2, 0.25) is 0 Å². The summed E-state index contributed by atoms with van der Waals surface area (Å²) >= 11 is 0. The Kier molecular flexibility index (Phi) is 4.04. The Hall–Kier alpha value is -2.44. The third kappa shape index (κ3) is 2.79. The second-order valence-electron chi connectivity index (χ2n) is 5.11. The van der Waals surface area contributed by atoms with Gasteiger partial charge in [-0.1, -0.05) is 12.1 Å². The predicted octanol–water partition coefficient (Wildman–Crippen LogP) is 1.94. The molecule has 2 N–H and O–H groups in total. The van der Waals surface area contributed by atoms with Crippen molar-refractivity contribution in [1.29, 1.82) is 0 Å². The second-order valence-corrected chi connectivity index (χ2v) is 5.11. The molecule has 2 atom stereocenters. The third-order valence-corrected chi connectivity index (χ3v) is 3.80. The Morgan fingerprint density at radius 3 is 2.64 bits per heavy atom. The number of nitro benzene ring substituents is 1. The van der Waals surface area contributed by atoms with E-state index in [2.05, 4.69) is 5.32 Å². The first kappa shape index (κ1) is 14.5. The van der Waals surface area contributed by atoms with Crippen molar-refractivity contribution < 1.29 is 19.7 Å². The first-order valence-electron chi connectivity index (χ1n) is 7.05. The Bertz CT molecular complexity index is 672. The van der Waals surface area contributed by atoms with E-state index in [1.807, 2.05) is 24.3 Å². The van der Waals surface area contributed by atoms with Crippen LogP contribution in [0.1, 0.15) is 23.5 Å². The molecule has 0 aliphatic carbocycles. The maximum absolute atomic E-state index is 10.7. The minimum atomic E-state index is -0.400. The smallest absolute Gasteiger partial charge is 0.269 e. The normalized spacial score (nSPS) is 20.8. The van der Waals surface area contributed by atoms with Crippen molar-refractivity contribution in [2.45, 2.75) is 12.3 Å². The third-order valence-electron chi connectivity index (χ3n) is 3.80. The molecule has 22 heavy (non-hydrogen) atoms. The Labute approximate surface area is 127 Å². The zero-order chi connectivity index (χ0) is 15.5. The molecule has 0 saturated carbocycles. The summed E-state index contributed by atoms with van der Waals surface area (Å²) in [7, 11) is 1.64. The predicted molar refractivity (Wildman–Crippen MR) is 79.4 cm³/mol. The van der Waals surface area contributed by atoms with Gasteiger partial charge >= 0.3 is 0 Å². The highest BCUT2D eigenvalue weighted by Crippen LogP contribution is 2.31. The molecule has 0 radical (unpaired) electrons. The molecule has 2 aromatic rings. The highest BCUT2D eigenvalue weighted by atomic mass is 16.6. The van der Waals surface area contributed by atoms with E-state index in [1.54, 1.807) is 19.2 Å². The molecule has 6 nitrogen and oxygen atoms in total. The molecule has 0 bridgehead atoms. The van der Waals surface area contributed by atoms with Gasteiger partial charge < -0.3 is 14.8 Å². The molecule has 1 aliphatic rings. The van der Waals surface area contributed by atoms with E-state index in [0.717, 1.165) is 23.4 Å². The van der Waals surface area contributed by atoms with Gasteiger partial charge in [0.15, 0.2) is 0 Å². The number of non-ortho nitro benzene ring substituents is 1. The monoisotopic (exact) mass is 301 g/mol. The lowest BCUT2D eigenvalue weighted by atomic mass is 10.1. The van der Waals surface area contributed by atoms with Gasteiger partial charge in [-0.15, -0.1) is 0 Å². The van der Waals surface area contributed by atoms with Crippen LogP contribution in [0.3, 0.4) is 0 Å². The molecule has 1 aliphatic heterocycles. The van der Waals surface area contributed by atoms with Crippen LogP contribution in [-0.2, 0) is 4.74 Å². The minimum absolute atomic E-state index is 0.0873. The number of nitrogens with two attached hydrogens (primary N) is 1. The van der Waals surface area contributed by atoms with Gasteiger partial charge in [0.05, 0.1) is 17.6 Å². The van der Waals surface area contributed by atoms with Crippen LogP contribution < -0.4 is 10.1 Å². The summed E-state index contributed by atoms with van der Waals surface area (Å²) in [6.45, 7) is 0.764. The highest BCUT2D eigenvalue weighted by molar-refractivity contribution is 5.36. The van der Waals surface area contributed by atoms with Gasteiger partial charge in [0.25, 0.3) is 5.69 Å². The Morgan fingerprint density at radius 2 is 1.95 bits per heavy atom. The molecule has 6 heteroatoms. The molecule has 1 fully saturated rings. The van der Waals surface area contributed by atoms with Gasteiger partial charge in [-0.3, -0.25) is 10.1 Å². The van der Waals surface area contributed by atoms with Crippen LogP contribution in [0.5, 0.6) is 5.75 Å². The maximum atomic E-state index is 10.7. The van der Waals surface area contributed by atoms with Crippen molar-refractivity contribution in [3.8, 4) is 5.75 Å². The number of nitro groups is 1. The fourth-order valence-corrected chi connectivity index (χ4v) is 2.66. The van der Waals surface area contributed by atoms with Crippen molar-refractivity contribution in [1.82, 2.24) is 0 Å². The zero-order valence-corrected chi connectivity index (χ0v) is 12.1. The van der Waals surface area contributed by atoms with Crippen LogP contribution >= 0.6 is 0 Å². The fraction of sp³-hybridized carbons (Fsp3) is 0.250. The lowest BCUT2D eigenvalue weighted by Crippen LogP contribution is -2.82. The van der Waals surface area contributed by atoms with Crippen LogP contribution in [-0.4, -0.2) is 18.6 Å². The van der Waals surface area contributed by atoms with E-state index in [0.29, 0.717) is 0 Å². The topological polar surface area (TPSA) is 78.2 Å². The number of rotatable bonds is 4. The standard InChI is InChI=1S/C16H16N2O4/c1-21-14-5-3-2-4-13(14)16-17-10-15(22-16)11-6-8-12(9-7-11)18(19)20/h2-9,15-17H,10H2,1H3/p+1/t15-,16+/m0/s1. The first-order chi connectivity index (χ1) is 10.7. The molecule has 3 rings (SSSR count). The number of benzene rings is 2. The number of hydrogen-bond donors (Lipinski definition) is 1. The van der Waals surface area contributed by atoms with Crippen molar-refractivity contribution in [2.75, 3.05) is 13.7 Å². The number of para-hydroxylation sites is 1. The van der Waals surface area contributed by atoms with Gasteiger partial charge in [-0.2, -0.15) is 0 Å². The van der Waals surface area contributed by atoms with Crippen LogP contribution in [0, 0.1) is 10.1 Å². The number of quaternary nitrogens is 1. The number of hydrogen-bond acceptors (Lipinski definition) is 4. The molecule has 0 amide bonds. The lowest BCUT2D eigenvalue weighted by Gasteiger charge is -2.12. The largest absolute Gasteiger partial charge is 0.496 e. The molecule has 0 aromatic heterocycles. The van der Waals surface area contributed by atoms with Crippen molar-refractivity contribution in [2.24, 2.45) is 0 Å². The summed E-state index contributed by atoms with van der Waals surface area (Å²) in [6.07, 6.45) is -0.216. The molecule has 1 heterocycles. The molecular weight excluding hydrogens is 284 g/mol. The number of nitrogens with zero attached hydrogens (tertiary/aromatic N) is 1. The molecule has 2 aromatic carbocycles. The SMILES string of the molecule is COc1ccccc1[C@@H]1[NH2+]C[C@@H](c2ccc([N+](=O)[O-])cc2)O1. The zero-order valence-electron chi connectivity index (χ0n) is 12.1. The van der Waals surface area contributed by atoms with E-state index in [1.165, 1.54) is 12.1 Å². The molecule has 114 valence electrons. The van der Waals surface area contributed by atoms with Crippen LogP contribution in [0.25, 0.3) is 0 Å². The minimum Gasteiger partial charge on any atom is -0.496 e. The Morgan fingerprint density at radius 1 is 1.23 bits per heavy atom. The quantitative estimate of drug-likeness (QED) is 0.691. The average molecular weight is 301 g/mol. The summed E-state index contributed by atoms with van der Waals surface area (Å²) in [5.74, 6) is 0.799. The van der Waals surface area contributed by atoms with E-state index in [-0.39, 0.29) is 18.0 Å². The molecule has 0 unspecified atom stereocenters. The summed E-state index contributed by atoms with van der Waals surface area (Å²) < 4.78 is 11.4. The summed E-state index contributed by atoms with van der Waals surface area (Å²) in [5, 5.41) is 12.8. The summed E-state index contributed by atoms with van der Waals surface area (Å²) in [6, 6.07) is 14.3. The van der Waals surface area contributed by atoms with Gasteiger partial charge in [-0.05, 0) is 29.8 Å². The van der Waals surface area contributed by atoms with Crippen LogP contribution in [0.4, 0.5) is 5.69 Å². The van der Waals surface area contributed by atoms with Gasteiger partial charge in [0.1, 0.15) is 18.4 Å².